The van der Waals surface area contributed by atoms with Crippen molar-refractivity contribution in [1.82, 2.24) is 14.5 Å². The van der Waals surface area contributed by atoms with E-state index in [0.717, 1.165) is 28.4 Å². The van der Waals surface area contributed by atoms with Crippen LogP contribution >= 0.6 is 0 Å². The molecule has 3 N–H and O–H groups in total. The van der Waals surface area contributed by atoms with Gasteiger partial charge in [0.15, 0.2) is 0 Å². The lowest BCUT2D eigenvalue weighted by Gasteiger charge is -2.10. The highest BCUT2D eigenvalue weighted by molar-refractivity contribution is 5.89. The van der Waals surface area contributed by atoms with Crippen LogP contribution in [0.25, 0.3) is 11.0 Å². The van der Waals surface area contributed by atoms with Crippen LogP contribution in [0, 0.1) is 0 Å². The second-order valence-electron chi connectivity index (χ2n) is 6.70. The number of fused-ring (bicyclic) bond motifs is 1. The number of hydrogen-bond acceptors (Lipinski definition) is 5. The molecule has 0 aliphatic rings. The Morgan fingerprint density at radius 3 is 2.59 bits per heavy atom. The molecule has 4 rings (SSSR count). The smallest absolute Gasteiger partial charge is 0.221 e. The third-order valence-electron chi connectivity index (χ3n) is 4.50. The zero-order chi connectivity index (χ0) is 20.2. The highest BCUT2D eigenvalue weighted by Gasteiger charge is 2.12. The van der Waals surface area contributed by atoms with Crippen LogP contribution in [0.4, 0.5) is 23.1 Å². The molecule has 1 amide bonds. The summed E-state index contributed by atoms with van der Waals surface area (Å²) in [6, 6.07) is 19.8. The topological polar surface area (TPSA) is 83.9 Å². The van der Waals surface area contributed by atoms with Crippen molar-refractivity contribution in [1.29, 1.82) is 0 Å². The molecule has 146 valence electrons. The molecule has 0 aliphatic carbocycles. The summed E-state index contributed by atoms with van der Waals surface area (Å²) in [6.45, 7) is 2.19. The molecule has 0 unspecified atom stereocenters. The molecular formula is C22H22N6O. The number of carbonyl (C=O) groups is 1. The molecule has 0 bridgehead atoms. The first kappa shape index (κ1) is 18.5. The van der Waals surface area contributed by atoms with Crippen molar-refractivity contribution in [3.63, 3.8) is 0 Å². The fourth-order valence-corrected chi connectivity index (χ4v) is 3.24. The normalized spacial score (nSPS) is 10.7. The Labute approximate surface area is 168 Å². The predicted molar refractivity (Wildman–Crippen MR) is 117 cm³/mol. The molecule has 2 heterocycles. The third-order valence-corrected chi connectivity index (χ3v) is 4.50. The first-order chi connectivity index (χ1) is 14.1. The van der Waals surface area contributed by atoms with E-state index in [1.165, 1.54) is 12.5 Å². The number of carbonyl (C=O) groups excluding carboxylic acids is 1. The van der Waals surface area contributed by atoms with E-state index in [1.807, 2.05) is 55.6 Å². The predicted octanol–water partition coefficient (Wildman–Crippen LogP) is 4.22. The molecule has 0 fully saturated rings. The monoisotopic (exact) mass is 386 g/mol. The van der Waals surface area contributed by atoms with Gasteiger partial charge in [-0.15, -0.1) is 0 Å². The number of hydrogen-bond donors (Lipinski definition) is 3. The van der Waals surface area contributed by atoms with Crippen molar-refractivity contribution in [2.24, 2.45) is 0 Å². The number of benzene rings is 2. The quantitative estimate of drug-likeness (QED) is 0.462. The number of anilines is 4. The van der Waals surface area contributed by atoms with Gasteiger partial charge in [0.25, 0.3) is 0 Å². The zero-order valence-corrected chi connectivity index (χ0v) is 16.3. The van der Waals surface area contributed by atoms with E-state index in [0.29, 0.717) is 12.4 Å². The van der Waals surface area contributed by atoms with Gasteiger partial charge in [-0.2, -0.15) is 0 Å². The Balaban J connectivity index is 1.66. The van der Waals surface area contributed by atoms with Crippen molar-refractivity contribution >= 4 is 40.1 Å². The molecule has 0 aliphatic heterocycles. The lowest BCUT2D eigenvalue weighted by Crippen LogP contribution is -2.06. The van der Waals surface area contributed by atoms with E-state index < -0.39 is 0 Å². The average molecular weight is 386 g/mol. The van der Waals surface area contributed by atoms with Crippen LogP contribution < -0.4 is 16.0 Å². The maximum absolute atomic E-state index is 11.3. The van der Waals surface area contributed by atoms with Crippen molar-refractivity contribution in [3.05, 3.63) is 72.4 Å². The molecule has 7 nitrogen and oxygen atoms in total. The van der Waals surface area contributed by atoms with Gasteiger partial charge in [-0.25, -0.2) is 9.97 Å². The second-order valence-corrected chi connectivity index (χ2v) is 6.70. The van der Waals surface area contributed by atoms with E-state index in [2.05, 4.69) is 42.6 Å². The van der Waals surface area contributed by atoms with E-state index in [-0.39, 0.29) is 5.91 Å². The fraction of sp³-hybridized carbons (Fsp3) is 0.136. The molecule has 7 heteroatoms. The second kappa shape index (κ2) is 8.02. The molecule has 4 aromatic rings. The molecule has 29 heavy (non-hydrogen) atoms. The van der Waals surface area contributed by atoms with E-state index in [4.69, 9.17) is 0 Å². The van der Waals surface area contributed by atoms with Crippen molar-refractivity contribution in [2.45, 2.75) is 13.5 Å². The first-order valence-corrected chi connectivity index (χ1v) is 9.35. The molecule has 0 radical (unpaired) electrons. The van der Waals surface area contributed by atoms with Gasteiger partial charge in [0.1, 0.15) is 11.3 Å². The number of rotatable bonds is 6. The molecular weight excluding hydrogens is 364 g/mol. The number of nitrogens with zero attached hydrogens (tertiary/aromatic N) is 3. The van der Waals surface area contributed by atoms with Gasteiger partial charge in [-0.1, -0.05) is 36.4 Å². The molecule has 0 spiro atoms. The van der Waals surface area contributed by atoms with Crippen LogP contribution in [0.3, 0.4) is 0 Å². The summed E-state index contributed by atoms with van der Waals surface area (Å²) in [5.74, 6) is 1.39. The van der Waals surface area contributed by atoms with Crippen LogP contribution in [0.15, 0.2) is 66.9 Å². The maximum Gasteiger partial charge on any atom is 0.221 e. The van der Waals surface area contributed by atoms with E-state index in [1.54, 1.807) is 6.20 Å². The Morgan fingerprint density at radius 1 is 1.03 bits per heavy atom. The minimum absolute atomic E-state index is 0.105. The van der Waals surface area contributed by atoms with E-state index >= 15 is 0 Å². The molecule has 0 saturated heterocycles. The largest absolute Gasteiger partial charge is 0.359 e. The minimum atomic E-state index is -0.105. The number of pyridine rings is 1. The summed E-state index contributed by atoms with van der Waals surface area (Å²) >= 11 is 0. The summed E-state index contributed by atoms with van der Waals surface area (Å²) in [5, 5.41) is 9.25. The highest BCUT2D eigenvalue weighted by Crippen LogP contribution is 2.25. The maximum atomic E-state index is 11.3. The molecule has 2 aromatic heterocycles. The van der Waals surface area contributed by atoms with Gasteiger partial charge in [0, 0.05) is 31.4 Å². The molecule has 2 aromatic carbocycles. The average Bonchev–Trinajstić information content (AvgIpc) is 3.05. The van der Waals surface area contributed by atoms with Gasteiger partial charge >= 0.3 is 0 Å². The number of amides is 1. The number of nitrogens with one attached hydrogen (secondary N) is 3. The Bertz CT molecular complexity index is 1150. The summed E-state index contributed by atoms with van der Waals surface area (Å²) in [5.41, 5.74) is 4.57. The van der Waals surface area contributed by atoms with Crippen molar-refractivity contribution in [3.8, 4) is 0 Å². The van der Waals surface area contributed by atoms with Crippen LogP contribution in [-0.2, 0) is 11.3 Å². The summed E-state index contributed by atoms with van der Waals surface area (Å²) in [7, 11) is 1.86. The highest BCUT2D eigenvalue weighted by atomic mass is 16.1. The van der Waals surface area contributed by atoms with Crippen LogP contribution in [0.5, 0.6) is 0 Å². The number of imidazole rings is 1. The third kappa shape index (κ3) is 4.19. The van der Waals surface area contributed by atoms with Crippen molar-refractivity contribution in [2.75, 3.05) is 23.0 Å². The van der Waals surface area contributed by atoms with Gasteiger partial charge in [-0.3, -0.25) is 4.79 Å². The summed E-state index contributed by atoms with van der Waals surface area (Å²) in [4.78, 5) is 20.4. The fourth-order valence-electron chi connectivity index (χ4n) is 3.24. The van der Waals surface area contributed by atoms with Crippen molar-refractivity contribution < 1.29 is 4.79 Å². The Morgan fingerprint density at radius 2 is 1.83 bits per heavy atom. The van der Waals surface area contributed by atoms with E-state index in [9.17, 15) is 4.79 Å². The van der Waals surface area contributed by atoms with Gasteiger partial charge in [-0.05, 0) is 23.8 Å². The van der Waals surface area contributed by atoms with Gasteiger partial charge < -0.3 is 20.5 Å². The zero-order valence-electron chi connectivity index (χ0n) is 16.3. The minimum Gasteiger partial charge on any atom is -0.359 e. The summed E-state index contributed by atoms with van der Waals surface area (Å²) < 4.78 is 2.13. The molecule has 0 saturated carbocycles. The first-order valence-electron chi connectivity index (χ1n) is 9.35. The van der Waals surface area contributed by atoms with Gasteiger partial charge in [0.05, 0.1) is 18.3 Å². The Kier molecular flexibility index (Phi) is 5.11. The number of aromatic nitrogens is 3. The van der Waals surface area contributed by atoms with Gasteiger partial charge in [0.2, 0.25) is 11.9 Å². The van der Waals surface area contributed by atoms with Crippen LogP contribution in [0.2, 0.25) is 0 Å². The SMILES string of the molecule is CNc1nc2cnc(Nc3cccc(NC(C)=O)c3)cc2n1Cc1ccccc1. The van der Waals surface area contributed by atoms with Crippen LogP contribution in [-0.4, -0.2) is 27.5 Å². The standard InChI is InChI=1S/C22H22N6O/c1-15(29)25-17-9-6-10-18(11-17)26-21-12-20-19(13-24-21)27-22(23-2)28(20)14-16-7-4-3-5-8-16/h3-13H,14H2,1-2H3,(H,23,27)(H,24,26)(H,25,29). The Hall–Kier alpha value is -3.87. The summed E-state index contributed by atoms with van der Waals surface area (Å²) in [6.07, 6.45) is 1.76. The lowest BCUT2D eigenvalue weighted by atomic mass is 10.2. The van der Waals surface area contributed by atoms with Crippen LogP contribution in [0.1, 0.15) is 12.5 Å². The molecule has 0 atom stereocenters. The lowest BCUT2D eigenvalue weighted by molar-refractivity contribution is -0.114.